The zero-order valence-electron chi connectivity index (χ0n) is 12.4. The fraction of sp³-hybridized carbons (Fsp3) is 0.400. The topological polar surface area (TPSA) is 76.9 Å². The number of hydrogen-bond donors (Lipinski definition) is 1. The quantitative estimate of drug-likeness (QED) is 0.893. The van der Waals surface area contributed by atoms with Crippen molar-refractivity contribution in [3.63, 3.8) is 0 Å². The minimum Gasteiger partial charge on any atom is -0.345 e. The van der Waals surface area contributed by atoms with Gasteiger partial charge in [-0.05, 0) is 24.1 Å². The summed E-state index contributed by atoms with van der Waals surface area (Å²) in [6, 6.07) is 7.23. The van der Waals surface area contributed by atoms with Gasteiger partial charge in [-0.25, -0.2) is 0 Å². The second-order valence-electron chi connectivity index (χ2n) is 5.39. The molecule has 22 heavy (non-hydrogen) atoms. The Morgan fingerprint density at radius 1 is 1.41 bits per heavy atom. The Hall–Kier alpha value is -2.02. The lowest BCUT2D eigenvalue weighted by molar-refractivity contribution is 0.0949. The van der Waals surface area contributed by atoms with E-state index in [1.165, 1.54) is 0 Å². The maximum absolute atomic E-state index is 12.2. The van der Waals surface area contributed by atoms with Crippen LogP contribution in [0, 0.1) is 0 Å². The molecule has 2 aromatic rings. The van der Waals surface area contributed by atoms with Crippen molar-refractivity contribution in [3.05, 3.63) is 47.0 Å². The number of carbonyl (C=O) groups is 1. The third-order valence-electron chi connectivity index (χ3n) is 3.65. The van der Waals surface area contributed by atoms with Crippen molar-refractivity contribution in [1.29, 1.82) is 0 Å². The van der Waals surface area contributed by atoms with Gasteiger partial charge in [0.05, 0.1) is 6.54 Å². The van der Waals surface area contributed by atoms with Crippen molar-refractivity contribution < 1.29 is 9.00 Å². The molecule has 0 spiro atoms. The molecule has 1 aliphatic heterocycles. The fourth-order valence-electron chi connectivity index (χ4n) is 2.64. The summed E-state index contributed by atoms with van der Waals surface area (Å²) in [6.07, 6.45) is 3.69. The van der Waals surface area contributed by atoms with Gasteiger partial charge in [0.2, 0.25) is 0 Å². The average Bonchev–Trinajstić information content (AvgIpc) is 3.08. The lowest BCUT2D eigenvalue weighted by atomic mass is 10.1. The van der Waals surface area contributed by atoms with Crippen LogP contribution in [-0.2, 0) is 36.1 Å². The monoisotopic (exact) mass is 318 g/mol. The van der Waals surface area contributed by atoms with E-state index in [0.717, 1.165) is 36.6 Å². The predicted octanol–water partition coefficient (Wildman–Crippen LogP) is 1.03. The van der Waals surface area contributed by atoms with E-state index in [4.69, 9.17) is 0 Å². The number of benzene rings is 1. The molecule has 1 atom stereocenters. The minimum absolute atomic E-state index is 0.154. The Kier molecular flexibility index (Phi) is 4.33. The summed E-state index contributed by atoms with van der Waals surface area (Å²) >= 11 is 0. The lowest BCUT2D eigenvalue weighted by Gasteiger charge is -2.07. The highest BCUT2D eigenvalue weighted by molar-refractivity contribution is 7.83. The number of aromatic nitrogens is 3. The molecule has 1 aromatic carbocycles. The molecule has 7 heteroatoms. The van der Waals surface area contributed by atoms with E-state index >= 15 is 0 Å². The molecule has 1 aromatic heterocycles. The molecule has 0 saturated carbocycles. The van der Waals surface area contributed by atoms with Gasteiger partial charge >= 0.3 is 0 Å². The molecule has 1 aliphatic rings. The summed E-state index contributed by atoms with van der Waals surface area (Å²) in [6.45, 7) is 1.29. The molecule has 0 unspecified atom stereocenters. The number of nitrogens with one attached hydrogen (secondary N) is 1. The van der Waals surface area contributed by atoms with Gasteiger partial charge in [0.1, 0.15) is 5.82 Å². The van der Waals surface area contributed by atoms with Gasteiger partial charge in [-0.3, -0.25) is 9.00 Å². The molecule has 116 valence electrons. The maximum Gasteiger partial charge on any atom is 0.251 e. The first-order valence-electron chi connectivity index (χ1n) is 7.21. The van der Waals surface area contributed by atoms with Crippen molar-refractivity contribution >= 4 is 16.7 Å². The standard InChI is InChI=1S/C15H18N4O2S/c1-22(21)10-11-4-2-5-12(8-11)15(20)16-9-14-18-17-13-6-3-7-19(13)14/h2,4-5,8H,3,6-7,9-10H2,1H3,(H,16,20)/t22-/m1/s1. The summed E-state index contributed by atoms with van der Waals surface area (Å²) in [5, 5.41) is 11.1. The lowest BCUT2D eigenvalue weighted by Crippen LogP contribution is -2.24. The van der Waals surface area contributed by atoms with Crippen molar-refractivity contribution in [2.24, 2.45) is 0 Å². The molecule has 0 radical (unpaired) electrons. The second kappa shape index (κ2) is 6.39. The Labute approximate surface area is 131 Å². The molecule has 6 nitrogen and oxygen atoms in total. The van der Waals surface area contributed by atoms with Crippen LogP contribution < -0.4 is 5.32 Å². The highest BCUT2D eigenvalue weighted by atomic mass is 32.2. The summed E-state index contributed by atoms with van der Waals surface area (Å²) in [5.74, 6) is 2.10. The molecule has 2 heterocycles. The predicted molar refractivity (Wildman–Crippen MR) is 83.7 cm³/mol. The number of nitrogens with zero attached hydrogens (tertiary/aromatic N) is 3. The van der Waals surface area contributed by atoms with Gasteiger partial charge in [0.15, 0.2) is 5.82 Å². The molecule has 0 fully saturated rings. The largest absolute Gasteiger partial charge is 0.345 e. The first-order valence-corrected chi connectivity index (χ1v) is 8.94. The fourth-order valence-corrected chi connectivity index (χ4v) is 3.29. The Balaban J connectivity index is 1.65. The van der Waals surface area contributed by atoms with Crippen LogP contribution in [0.5, 0.6) is 0 Å². The third-order valence-corrected chi connectivity index (χ3v) is 4.39. The number of fused-ring (bicyclic) bond motifs is 1. The maximum atomic E-state index is 12.2. The van der Waals surface area contributed by atoms with Crippen molar-refractivity contribution in [2.75, 3.05) is 6.26 Å². The first-order chi connectivity index (χ1) is 10.6. The van der Waals surface area contributed by atoms with Crippen LogP contribution in [0.15, 0.2) is 24.3 Å². The zero-order valence-corrected chi connectivity index (χ0v) is 13.2. The van der Waals surface area contributed by atoms with E-state index in [1.807, 2.05) is 12.1 Å². The van der Waals surface area contributed by atoms with E-state index in [0.29, 0.717) is 17.9 Å². The minimum atomic E-state index is -0.919. The highest BCUT2D eigenvalue weighted by Crippen LogP contribution is 2.14. The smallest absolute Gasteiger partial charge is 0.251 e. The first kappa shape index (κ1) is 14.9. The molecule has 0 saturated heterocycles. The Morgan fingerprint density at radius 2 is 2.27 bits per heavy atom. The average molecular weight is 318 g/mol. The normalized spacial score (nSPS) is 14.6. The van der Waals surface area contributed by atoms with E-state index in [9.17, 15) is 9.00 Å². The van der Waals surface area contributed by atoms with Gasteiger partial charge in [-0.15, -0.1) is 10.2 Å². The number of hydrogen-bond acceptors (Lipinski definition) is 4. The molecule has 0 bridgehead atoms. The molecule has 1 N–H and O–H groups in total. The summed E-state index contributed by atoms with van der Waals surface area (Å²) in [7, 11) is -0.919. The van der Waals surface area contributed by atoms with Crippen LogP contribution in [-0.4, -0.2) is 31.1 Å². The molecule has 1 amide bonds. The van der Waals surface area contributed by atoms with E-state index in [1.54, 1.807) is 18.4 Å². The van der Waals surface area contributed by atoms with Crippen LogP contribution in [0.25, 0.3) is 0 Å². The van der Waals surface area contributed by atoms with Crippen LogP contribution in [0.2, 0.25) is 0 Å². The molecular formula is C15H18N4O2S. The second-order valence-corrected chi connectivity index (χ2v) is 6.82. The number of aryl methyl sites for hydroxylation is 1. The molecular weight excluding hydrogens is 300 g/mol. The van der Waals surface area contributed by atoms with Crippen molar-refractivity contribution in [3.8, 4) is 0 Å². The summed E-state index contributed by atoms with van der Waals surface area (Å²) in [5.41, 5.74) is 1.47. The van der Waals surface area contributed by atoms with Gasteiger partial charge in [0.25, 0.3) is 5.91 Å². The van der Waals surface area contributed by atoms with E-state index in [-0.39, 0.29) is 5.91 Å². The van der Waals surface area contributed by atoms with Gasteiger partial charge < -0.3 is 9.88 Å². The van der Waals surface area contributed by atoms with E-state index in [2.05, 4.69) is 20.1 Å². The molecule has 3 rings (SSSR count). The van der Waals surface area contributed by atoms with Crippen LogP contribution >= 0.6 is 0 Å². The SMILES string of the molecule is C[S@@](=O)Cc1cccc(C(=O)NCc2nnc3n2CCC3)c1. The van der Waals surface area contributed by atoms with Crippen LogP contribution in [0.4, 0.5) is 0 Å². The van der Waals surface area contributed by atoms with Crippen molar-refractivity contribution in [1.82, 2.24) is 20.1 Å². The highest BCUT2D eigenvalue weighted by Gasteiger charge is 2.17. The Bertz CT molecular complexity index is 726. The number of rotatable bonds is 5. The van der Waals surface area contributed by atoms with Gasteiger partial charge in [-0.1, -0.05) is 12.1 Å². The van der Waals surface area contributed by atoms with Gasteiger partial charge in [-0.2, -0.15) is 0 Å². The zero-order chi connectivity index (χ0) is 15.5. The van der Waals surface area contributed by atoms with Crippen LogP contribution in [0.1, 0.15) is 34.0 Å². The van der Waals surface area contributed by atoms with E-state index < -0.39 is 10.8 Å². The summed E-state index contributed by atoms with van der Waals surface area (Å²) < 4.78 is 13.3. The van der Waals surface area contributed by atoms with Gasteiger partial charge in [0, 0.05) is 41.3 Å². The molecule has 0 aliphatic carbocycles. The number of carbonyl (C=O) groups excluding carboxylic acids is 1. The van der Waals surface area contributed by atoms with Crippen LogP contribution in [0.3, 0.4) is 0 Å². The third kappa shape index (κ3) is 3.24. The number of amides is 1. The summed E-state index contributed by atoms with van der Waals surface area (Å²) in [4.78, 5) is 12.2. The Morgan fingerprint density at radius 3 is 3.09 bits per heavy atom. The van der Waals surface area contributed by atoms with Crippen molar-refractivity contribution in [2.45, 2.75) is 31.7 Å².